The van der Waals surface area contributed by atoms with E-state index in [2.05, 4.69) is 5.10 Å². The number of nitrogens with zero attached hydrogens (tertiary/aromatic N) is 1. The van der Waals surface area contributed by atoms with E-state index in [4.69, 9.17) is 23.2 Å². The largest absolute Gasteiger partial charge is 0.300 e. The van der Waals surface area contributed by atoms with Crippen LogP contribution in [0.15, 0.2) is 23.0 Å². The number of halogens is 2. The van der Waals surface area contributed by atoms with Crippen molar-refractivity contribution in [3.63, 3.8) is 0 Å². The van der Waals surface area contributed by atoms with Crippen LogP contribution in [-0.4, -0.2) is 9.78 Å². The highest BCUT2D eigenvalue weighted by atomic mass is 35.5. The summed E-state index contributed by atoms with van der Waals surface area (Å²) in [5, 5.41) is 3.78. The van der Waals surface area contributed by atoms with Gasteiger partial charge in [-0.15, -0.1) is 0 Å². The standard InChI is InChI=1S/C11H10Cl2N2O/c1-6-9(11(16)15(2)14-6)7-4-3-5-8(12)10(7)13/h3-5,14H,1-2H3. The zero-order valence-corrected chi connectivity index (χ0v) is 10.4. The van der Waals surface area contributed by atoms with E-state index in [1.165, 1.54) is 4.68 Å². The molecule has 5 heteroatoms. The Morgan fingerprint density at radius 1 is 1.31 bits per heavy atom. The summed E-state index contributed by atoms with van der Waals surface area (Å²) in [5.41, 5.74) is 1.89. The number of hydrogen-bond donors (Lipinski definition) is 1. The highest BCUT2D eigenvalue weighted by Gasteiger charge is 2.15. The van der Waals surface area contributed by atoms with Gasteiger partial charge in [-0.3, -0.25) is 14.6 Å². The molecule has 0 atom stereocenters. The Hall–Kier alpha value is -1.19. The third-order valence-corrected chi connectivity index (χ3v) is 3.27. The van der Waals surface area contributed by atoms with Crippen LogP contribution in [0, 0.1) is 6.92 Å². The molecular formula is C11H10Cl2N2O. The second-order valence-corrected chi connectivity index (χ2v) is 4.36. The smallest absolute Gasteiger partial charge is 0.274 e. The molecule has 0 bridgehead atoms. The van der Waals surface area contributed by atoms with E-state index in [1.54, 1.807) is 25.2 Å². The van der Waals surface area contributed by atoms with Gasteiger partial charge in [0.15, 0.2) is 0 Å². The molecule has 0 aliphatic rings. The number of aromatic nitrogens is 2. The molecule has 2 aromatic rings. The summed E-state index contributed by atoms with van der Waals surface area (Å²) >= 11 is 12.0. The average Bonchev–Trinajstić information content (AvgIpc) is 2.47. The fraction of sp³-hybridized carbons (Fsp3) is 0.182. The number of H-pyrrole nitrogens is 1. The van der Waals surface area contributed by atoms with Crippen LogP contribution < -0.4 is 5.56 Å². The molecule has 0 saturated heterocycles. The van der Waals surface area contributed by atoms with Gasteiger partial charge in [0.25, 0.3) is 5.56 Å². The molecule has 84 valence electrons. The lowest BCUT2D eigenvalue weighted by atomic mass is 10.1. The SMILES string of the molecule is Cc1[nH]n(C)c(=O)c1-c1cccc(Cl)c1Cl. The number of rotatable bonds is 1. The fourth-order valence-corrected chi connectivity index (χ4v) is 2.10. The van der Waals surface area contributed by atoms with Gasteiger partial charge >= 0.3 is 0 Å². The Kier molecular flexibility index (Phi) is 2.82. The number of nitrogens with one attached hydrogen (secondary N) is 1. The minimum atomic E-state index is -0.110. The Bertz CT molecular complexity index is 599. The second-order valence-electron chi connectivity index (χ2n) is 3.58. The lowest BCUT2D eigenvalue weighted by molar-refractivity contribution is 0.731. The molecule has 1 aromatic carbocycles. The van der Waals surface area contributed by atoms with Gasteiger partial charge in [-0.25, -0.2) is 0 Å². The molecule has 1 aromatic heterocycles. The molecule has 0 amide bonds. The molecule has 0 saturated carbocycles. The van der Waals surface area contributed by atoms with E-state index in [1.807, 2.05) is 6.92 Å². The Balaban J connectivity index is 2.78. The van der Waals surface area contributed by atoms with Crippen molar-refractivity contribution < 1.29 is 0 Å². The summed E-state index contributed by atoms with van der Waals surface area (Å²) in [6, 6.07) is 5.25. The van der Waals surface area contributed by atoms with Gasteiger partial charge < -0.3 is 0 Å². The van der Waals surface area contributed by atoms with E-state index in [9.17, 15) is 4.79 Å². The molecular weight excluding hydrogens is 247 g/mol. The zero-order valence-electron chi connectivity index (χ0n) is 8.84. The second kappa shape index (κ2) is 4.00. The van der Waals surface area contributed by atoms with Gasteiger partial charge in [0, 0.05) is 18.3 Å². The normalized spacial score (nSPS) is 10.8. The lowest BCUT2D eigenvalue weighted by Crippen LogP contribution is -2.13. The molecule has 0 radical (unpaired) electrons. The van der Waals surface area contributed by atoms with Crippen LogP contribution in [0.1, 0.15) is 5.69 Å². The first-order valence-corrected chi connectivity index (χ1v) is 5.48. The van der Waals surface area contributed by atoms with Gasteiger partial charge in [0.2, 0.25) is 0 Å². The third kappa shape index (κ3) is 1.66. The molecule has 2 rings (SSSR count). The van der Waals surface area contributed by atoms with E-state index >= 15 is 0 Å². The maximum atomic E-state index is 11.9. The van der Waals surface area contributed by atoms with Crippen molar-refractivity contribution in [2.45, 2.75) is 6.92 Å². The van der Waals surface area contributed by atoms with Gasteiger partial charge in [0.05, 0.1) is 15.6 Å². The highest BCUT2D eigenvalue weighted by molar-refractivity contribution is 6.43. The van der Waals surface area contributed by atoms with Crippen molar-refractivity contribution in [1.29, 1.82) is 0 Å². The first kappa shape index (κ1) is 11.3. The summed E-state index contributed by atoms with van der Waals surface area (Å²) in [5.74, 6) is 0. The monoisotopic (exact) mass is 256 g/mol. The molecule has 0 spiro atoms. The van der Waals surface area contributed by atoms with Crippen molar-refractivity contribution in [2.24, 2.45) is 7.05 Å². The van der Waals surface area contributed by atoms with Crippen LogP contribution >= 0.6 is 23.2 Å². The first-order chi connectivity index (χ1) is 7.52. The van der Waals surface area contributed by atoms with Crippen LogP contribution in [-0.2, 0) is 7.05 Å². The molecule has 0 aliphatic heterocycles. The topological polar surface area (TPSA) is 37.8 Å². The summed E-state index contributed by atoms with van der Waals surface area (Å²) in [4.78, 5) is 11.9. The molecule has 1 N–H and O–H groups in total. The van der Waals surface area contributed by atoms with Crippen LogP contribution in [0.25, 0.3) is 11.1 Å². The van der Waals surface area contributed by atoms with Crippen molar-refractivity contribution in [2.75, 3.05) is 0 Å². The highest BCUT2D eigenvalue weighted by Crippen LogP contribution is 2.32. The fourth-order valence-electron chi connectivity index (χ4n) is 1.70. The molecule has 1 heterocycles. The number of benzene rings is 1. The summed E-state index contributed by atoms with van der Waals surface area (Å²) < 4.78 is 1.42. The maximum Gasteiger partial charge on any atom is 0.274 e. The maximum absolute atomic E-state index is 11.9. The van der Waals surface area contributed by atoms with Crippen molar-refractivity contribution in [1.82, 2.24) is 9.78 Å². The van der Waals surface area contributed by atoms with Crippen LogP contribution in [0.3, 0.4) is 0 Å². The lowest BCUT2D eigenvalue weighted by Gasteiger charge is -2.03. The van der Waals surface area contributed by atoms with Gasteiger partial charge in [-0.2, -0.15) is 0 Å². The Morgan fingerprint density at radius 3 is 2.56 bits per heavy atom. The minimum absolute atomic E-state index is 0.110. The Morgan fingerprint density at radius 2 is 2.00 bits per heavy atom. The zero-order chi connectivity index (χ0) is 11.9. The van der Waals surface area contributed by atoms with E-state index < -0.39 is 0 Å². The summed E-state index contributed by atoms with van der Waals surface area (Å²) in [6.45, 7) is 1.83. The molecule has 3 nitrogen and oxygen atoms in total. The average molecular weight is 257 g/mol. The van der Waals surface area contributed by atoms with Crippen LogP contribution in [0.2, 0.25) is 10.0 Å². The van der Waals surface area contributed by atoms with Crippen molar-refractivity contribution >= 4 is 23.2 Å². The Labute approximate surface area is 103 Å². The van der Waals surface area contributed by atoms with Crippen LogP contribution in [0.4, 0.5) is 0 Å². The number of aryl methyl sites for hydroxylation is 2. The predicted octanol–water partition coefficient (Wildman–Crippen LogP) is 3.00. The predicted molar refractivity (Wildman–Crippen MR) is 66.2 cm³/mol. The number of aromatic amines is 1. The van der Waals surface area contributed by atoms with Crippen LogP contribution in [0.5, 0.6) is 0 Å². The van der Waals surface area contributed by atoms with Gasteiger partial charge in [-0.05, 0) is 13.0 Å². The summed E-state index contributed by atoms with van der Waals surface area (Å²) in [7, 11) is 1.66. The van der Waals surface area contributed by atoms with E-state index in [-0.39, 0.29) is 5.56 Å². The first-order valence-electron chi connectivity index (χ1n) is 4.72. The van der Waals surface area contributed by atoms with E-state index in [0.717, 1.165) is 5.69 Å². The van der Waals surface area contributed by atoms with Gasteiger partial charge in [0.1, 0.15) is 0 Å². The molecule has 0 unspecified atom stereocenters. The molecule has 16 heavy (non-hydrogen) atoms. The van der Waals surface area contributed by atoms with Gasteiger partial charge in [-0.1, -0.05) is 35.3 Å². The third-order valence-electron chi connectivity index (χ3n) is 2.45. The van der Waals surface area contributed by atoms with Crippen molar-refractivity contribution in [3.8, 4) is 11.1 Å². The number of hydrogen-bond acceptors (Lipinski definition) is 1. The molecule has 0 fully saturated rings. The molecule has 0 aliphatic carbocycles. The van der Waals surface area contributed by atoms with E-state index in [0.29, 0.717) is 21.2 Å². The minimum Gasteiger partial charge on any atom is -0.300 e. The van der Waals surface area contributed by atoms with Crippen molar-refractivity contribution in [3.05, 3.63) is 44.3 Å². The quantitative estimate of drug-likeness (QED) is 0.837. The summed E-state index contributed by atoms with van der Waals surface area (Å²) in [6.07, 6.45) is 0.